The number of thiophene rings is 1. The second-order valence-corrected chi connectivity index (χ2v) is 5.95. The van der Waals surface area contributed by atoms with Crippen molar-refractivity contribution in [3.05, 3.63) is 17.0 Å². The lowest BCUT2D eigenvalue weighted by Crippen LogP contribution is -2.35. The van der Waals surface area contributed by atoms with Crippen LogP contribution in [0, 0.1) is 0 Å². The smallest absolute Gasteiger partial charge is 0.251 e. The molecule has 1 aromatic rings. The van der Waals surface area contributed by atoms with E-state index in [9.17, 15) is 14.7 Å². The second-order valence-electron chi connectivity index (χ2n) is 5.03. The van der Waals surface area contributed by atoms with Gasteiger partial charge in [-0.15, -0.1) is 11.3 Å². The molecule has 2 amide bonds. The van der Waals surface area contributed by atoms with Gasteiger partial charge >= 0.3 is 0 Å². The maximum atomic E-state index is 11.9. The van der Waals surface area contributed by atoms with Gasteiger partial charge in [-0.2, -0.15) is 0 Å². The Morgan fingerprint density at radius 2 is 2.37 bits per heavy atom. The summed E-state index contributed by atoms with van der Waals surface area (Å²) in [7, 11) is 0. The number of carbonyl (C=O) groups excluding carboxylic acids is 2. The first-order chi connectivity index (χ1) is 8.87. The molecule has 1 aromatic heterocycles. The molecule has 0 saturated carbocycles. The molecule has 19 heavy (non-hydrogen) atoms. The van der Waals surface area contributed by atoms with Crippen molar-refractivity contribution in [2.75, 3.05) is 25.0 Å². The molecule has 2 rings (SSSR count). The van der Waals surface area contributed by atoms with Crippen LogP contribution in [0.25, 0.3) is 0 Å². The van der Waals surface area contributed by atoms with Crippen LogP contribution in [0.4, 0.5) is 5.00 Å². The van der Waals surface area contributed by atoms with E-state index < -0.39 is 11.5 Å². The van der Waals surface area contributed by atoms with Crippen molar-refractivity contribution in [1.82, 2.24) is 4.90 Å². The zero-order valence-corrected chi connectivity index (χ0v) is 11.5. The fraction of sp³-hybridized carbons (Fsp3) is 0.500. The van der Waals surface area contributed by atoms with Crippen LogP contribution < -0.4 is 11.1 Å². The van der Waals surface area contributed by atoms with Gasteiger partial charge in [0.2, 0.25) is 5.91 Å². The number of primary amides is 1. The van der Waals surface area contributed by atoms with E-state index in [1.54, 1.807) is 18.4 Å². The molecule has 1 aliphatic rings. The number of hydrogen-bond donors (Lipinski definition) is 3. The van der Waals surface area contributed by atoms with Crippen molar-refractivity contribution < 1.29 is 14.7 Å². The number of β-amino-alcohol motifs (C(OH)–C–C–N with tert-alkyl or cyclic N) is 1. The summed E-state index contributed by atoms with van der Waals surface area (Å²) in [5.41, 5.74) is 4.81. The molecule has 7 heteroatoms. The number of rotatable bonds is 4. The SMILES string of the molecule is CC1(O)CCN(CC(=O)Nc2sccc2C(N)=O)C1. The average molecular weight is 283 g/mol. The number of carbonyl (C=O) groups is 2. The fourth-order valence-corrected chi connectivity index (χ4v) is 2.95. The van der Waals surface area contributed by atoms with Crippen LogP contribution in [0.5, 0.6) is 0 Å². The second kappa shape index (κ2) is 5.28. The van der Waals surface area contributed by atoms with Crippen LogP contribution in [0.3, 0.4) is 0 Å². The standard InChI is InChI=1S/C12H17N3O3S/c1-12(18)3-4-15(7-12)6-9(16)14-11-8(10(13)17)2-5-19-11/h2,5,18H,3-4,6-7H2,1H3,(H2,13,17)(H,14,16). The maximum Gasteiger partial charge on any atom is 0.251 e. The maximum absolute atomic E-state index is 11.9. The molecule has 0 radical (unpaired) electrons. The Bertz CT molecular complexity index is 498. The van der Waals surface area contributed by atoms with Crippen molar-refractivity contribution in [3.63, 3.8) is 0 Å². The molecule has 0 aromatic carbocycles. The predicted molar refractivity (Wildman–Crippen MR) is 73.1 cm³/mol. The molecular formula is C12H17N3O3S. The van der Waals surface area contributed by atoms with Gasteiger partial charge in [0.15, 0.2) is 0 Å². The molecule has 1 aliphatic heterocycles. The van der Waals surface area contributed by atoms with Gasteiger partial charge in [-0.25, -0.2) is 0 Å². The molecule has 1 atom stereocenters. The highest BCUT2D eigenvalue weighted by molar-refractivity contribution is 7.14. The summed E-state index contributed by atoms with van der Waals surface area (Å²) in [5, 5.41) is 14.7. The van der Waals surface area contributed by atoms with E-state index in [0.29, 0.717) is 30.1 Å². The molecule has 1 fully saturated rings. The summed E-state index contributed by atoms with van der Waals surface area (Å²) >= 11 is 1.26. The van der Waals surface area contributed by atoms with Crippen molar-refractivity contribution in [2.45, 2.75) is 18.9 Å². The number of nitrogens with one attached hydrogen (secondary N) is 1. The number of hydrogen-bond acceptors (Lipinski definition) is 5. The Hall–Kier alpha value is -1.44. The Labute approximate surface area is 115 Å². The quantitative estimate of drug-likeness (QED) is 0.737. The predicted octanol–water partition coefficient (Wildman–Crippen LogP) is 0.242. The largest absolute Gasteiger partial charge is 0.389 e. The van der Waals surface area contributed by atoms with E-state index in [1.807, 2.05) is 4.90 Å². The summed E-state index contributed by atoms with van der Waals surface area (Å²) in [4.78, 5) is 24.9. The van der Waals surface area contributed by atoms with Gasteiger partial charge in [0, 0.05) is 13.1 Å². The minimum Gasteiger partial charge on any atom is -0.389 e. The minimum atomic E-state index is -0.721. The van der Waals surface area contributed by atoms with Gasteiger partial charge < -0.3 is 16.2 Å². The van der Waals surface area contributed by atoms with Crippen LogP contribution in [-0.2, 0) is 4.79 Å². The van der Waals surface area contributed by atoms with Gasteiger partial charge in [-0.1, -0.05) is 0 Å². The Morgan fingerprint density at radius 1 is 1.63 bits per heavy atom. The number of aliphatic hydroxyl groups is 1. The van der Waals surface area contributed by atoms with Crippen LogP contribution in [0.15, 0.2) is 11.4 Å². The Morgan fingerprint density at radius 3 is 2.95 bits per heavy atom. The van der Waals surface area contributed by atoms with Crippen molar-refractivity contribution in [2.24, 2.45) is 5.73 Å². The first-order valence-corrected chi connectivity index (χ1v) is 6.87. The van der Waals surface area contributed by atoms with Gasteiger partial charge in [-0.05, 0) is 24.8 Å². The third-order valence-corrected chi connectivity index (χ3v) is 3.91. The first kappa shape index (κ1) is 14.0. The first-order valence-electron chi connectivity index (χ1n) is 5.99. The molecule has 2 heterocycles. The Balaban J connectivity index is 1.91. The lowest BCUT2D eigenvalue weighted by atomic mass is 10.1. The number of nitrogens with two attached hydrogens (primary N) is 1. The average Bonchev–Trinajstić information content (AvgIpc) is 2.85. The highest BCUT2D eigenvalue weighted by Crippen LogP contribution is 2.23. The van der Waals surface area contributed by atoms with E-state index in [-0.39, 0.29) is 12.5 Å². The fourth-order valence-electron chi connectivity index (χ4n) is 2.14. The monoisotopic (exact) mass is 283 g/mol. The van der Waals surface area contributed by atoms with Gasteiger partial charge in [0.05, 0.1) is 17.7 Å². The van der Waals surface area contributed by atoms with Crippen LogP contribution in [0.1, 0.15) is 23.7 Å². The van der Waals surface area contributed by atoms with E-state index in [1.165, 1.54) is 11.3 Å². The summed E-state index contributed by atoms with van der Waals surface area (Å²) in [6.45, 7) is 3.13. The third-order valence-electron chi connectivity index (χ3n) is 3.08. The zero-order chi connectivity index (χ0) is 14.0. The molecule has 0 aliphatic carbocycles. The minimum absolute atomic E-state index is 0.201. The van der Waals surface area contributed by atoms with E-state index in [0.717, 1.165) is 0 Å². The zero-order valence-electron chi connectivity index (χ0n) is 10.7. The Kier molecular flexibility index (Phi) is 3.88. The van der Waals surface area contributed by atoms with E-state index >= 15 is 0 Å². The van der Waals surface area contributed by atoms with Crippen LogP contribution in [0.2, 0.25) is 0 Å². The lowest BCUT2D eigenvalue weighted by Gasteiger charge is -2.18. The van der Waals surface area contributed by atoms with Crippen LogP contribution in [-0.4, -0.2) is 47.1 Å². The number of nitrogens with zero attached hydrogens (tertiary/aromatic N) is 1. The normalized spacial score (nSPS) is 23.5. The molecule has 1 unspecified atom stereocenters. The lowest BCUT2D eigenvalue weighted by molar-refractivity contribution is -0.117. The van der Waals surface area contributed by atoms with Crippen LogP contribution >= 0.6 is 11.3 Å². The van der Waals surface area contributed by atoms with E-state index in [2.05, 4.69) is 5.32 Å². The highest BCUT2D eigenvalue weighted by atomic mass is 32.1. The van der Waals surface area contributed by atoms with E-state index in [4.69, 9.17) is 5.73 Å². The van der Waals surface area contributed by atoms with Crippen molar-refractivity contribution in [1.29, 1.82) is 0 Å². The van der Waals surface area contributed by atoms with Crippen molar-refractivity contribution in [3.8, 4) is 0 Å². The summed E-state index contributed by atoms with van der Waals surface area (Å²) in [6, 6.07) is 1.59. The highest BCUT2D eigenvalue weighted by Gasteiger charge is 2.32. The topological polar surface area (TPSA) is 95.7 Å². The van der Waals surface area contributed by atoms with Gasteiger partial charge in [0.1, 0.15) is 5.00 Å². The number of amides is 2. The molecule has 1 saturated heterocycles. The summed E-state index contributed by atoms with van der Waals surface area (Å²) in [6.07, 6.45) is 0.659. The van der Waals surface area contributed by atoms with Gasteiger partial charge in [0.25, 0.3) is 5.91 Å². The molecule has 0 bridgehead atoms. The molecule has 4 N–H and O–H groups in total. The molecular weight excluding hydrogens is 266 g/mol. The summed E-state index contributed by atoms with van der Waals surface area (Å²) < 4.78 is 0. The third kappa shape index (κ3) is 3.52. The molecule has 104 valence electrons. The number of likely N-dealkylation sites (tertiary alicyclic amines) is 1. The van der Waals surface area contributed by atoms with Crippen molar-refractivity contribution >= 4 is 28.2 Å². The molecule has 6 nitrogen and oxygen atoms in total. The molecule has 0 spiro atoms. The number of anilines is 1. The summed E-state index contributed by atoms with van der Waals surface area (Å²) in [5.74, 6) is -0.761. The van der Waals surface area contributed by atoms with Gasteiger partial charge in [-0.3, -0.25) is 14.5 Å².